The van der Waals surface area contributed by atoms with Crippen molar-refractivity contribution in [1.82, 2.24) is 9.78 Å². The van der Waals surface area contributed by atoms with Crippen LogP contribution in [-0.2, 0) is 20.9 Å². The number of carbonyl (C=O) groups is 2. The number of nitrogens with zero attached hydrogens (tertiary/aromatic N) is 3. The van der Waals surface area contributed by atoms with Crippen LogP contribution in [0.2, 0.25) is 0 Å². The molecule has 0 saturated heterocycles. The lowest BCUT2D eigenvalue weighted by Gasteiger charge is -2.19. The Morgan fingerprint density at radius 2 is 2.11 bits per heavy atom. The average Bonchev–Trinajstić information content (AvgIpc) is 2.70. The molecule has 1 aromatic rings. The molecule has 0 aliphatic carbocycles. The second-order valence-electron chi connectivity index (χ2n) is 4.60. The summed E-state index contributed by atoms with van der Waals surface area (Å²) in [6, 6.07) is 1.26. The number of aryl methyl sites for hydroxylation is 1. The molecule has 0 fully saturated rings. The second kappa shape index (κ2) is 5.17. The fraction of sp³-hybridized carbons (Fsp3) is 0.545. The average molecular weight is 269 g/mol. The van der Waals surface area contributed by atoms with Gasteiger partial charge < -0.3 is 14.9 Å². The highest BCUT2D eigenvalue weighted by Gasteiger charge is 2.37. The molecular formula is C11H15N3O5. The van der Waals surface area contributed by atoms with Crippen LogP contribution in [-0.4, -0.2) is 33.6 Å². The summed E-state index contributed by atoms with van der Waals surface area (Å²) >= 11 is 0. The minimum atomic E-state index is -1.32. The molecule has 104 valence electrons. The normalized spacial score (nSPS) is 11.2. The van der Waals surface area contributed by atoms with Crippen molar-refractivity contribution in [2.24, 2.45) is 5.41 Å². The van der Waals surface area contributed by atoms with Crippen molar-refractivity contribution in [3.63, 3.8) is 0 Å². The zero-order valence-corrected chi connectivity index (χ0v) is 11.2. The molecule has 0 atom stereocenters. The Morgan fingerprint density at radius 1 is 1.53 bits per heavy atom. The number of aromatic nitrogens is 2. The summed E-state index contributed by atoms with van der Waals surface area (Å²) in [5.74, 6) is -1.42. The highest BCUT2D eigenvalue weighted by Crippen LogP contribution is 2.20. The van der Waals surface area contributed by atoms with Crippen LogP contribution >= 0.6 is 0 Å². The van der Waals surface area contributed by atoms with Crippen LogP contribution in [0.3, 0.4) is 0 Å². The summed E-state index contributed by atoms with van der Waals surface area (Å²) in [7, 11) is 1.20. The number of ether oxygens (including phenoxy) is 1. The van der Waals surface area contributed by atoms with Gasteiger partial charge in [0.1, 0.15) is 12.0 Å². The molecule has 19 heavy (non-hydrogen) atoms. The van der Waals surface area contributed by atoms with Gasteiger partial charge in [-0.15, -0.1) is 0 Å². The summed E-state index contributed by atoms with van der Waals surface area (Å²) < 4.78 is 5.75. The first-order chi connectivity index (χ1) is 8.70. The van der Waals surface area contributed by atoms with E-state index in [-0.39, 0.29) is 12.4 Å². The number of esters is 1. The summed E-state index contributed by atoms with van der Waals surface area (Å²) in [5, 5.41) is 14.3. The fourth-order valence-electron chi connectivity index (χ4n) is 1.44. The third-order valence-electron chi connectivity index (χ3n) is 2.84. The van der Waals surface area contributed by atoms with Crippen LogP contribution in [0.4, 0.5) is 5.82 Å². The van der Waals surface area contributed by atoms with Gasteiger partial charge in [-0.25, -0.2) is 0 Å². The van der Waals surface area contributed by atoms with Crippen LogP contribution in [0.1, 0.15) is 19.5 Å². The van der Waals surface area contributed by atoms with Crippen molar-refractivity contribution in [1.29, 1.82) is 0 Å². The quantitative estimate of drug-likeness (QED) is 0.340. The Bertz CT molecular complexity index is 532. The van der Waals surface area contributed by atoms with Gasteiger partial charge in [-0.05, 0) is 25.7 Å². The first-order valence-corrected chi connectivity index (χ1v) is 5.50. The van der Waals surface area contributed by atoms with E-state index in [4.69, 9.17) is 0 Å². The van der Waals surface area contributed by atoms with Crippen LogP contribution < -0.4 is 0 Å². The Hall–Kier alpha value is -2.25. The van der Waals surface area contributed by atoms with Gasteiger partial charge in [-0.2, -0.15) is 4.68 Å². The van der Waals surface area contributed by atoms with E-state index < -0.39 is 22.1 Å². The molecule has 1 heterocycles. The molecule has 0 aliphatic rings. The van der Waals surface area contributed by atoms with Crippen LogP contribution in [0.15, 0.2) is 6.07 Å². The van der Waals surface area contributed by atoms with Gasteiger partial charge in [-0.1, -0.05) is 0 Å². The van der Waals surface area contributed by atoms with Crippen molar-refractivity contribution in [2.45, 2.75) is 27.3 Å². The van der Waals surface area contributed by atoms with Gasteiger partial charge in [0.05, 0.1) is 24.0 Å². The predicted molar refractivity (Wildman–Crippen MR) is 64.4 cm³/mol. The number of ketones is 1. The van der Waals surface area contributed by atoms with Crippen LogP contribution in [0.5, 0.6) is 0 Å². The number of carbonyl (C=O) groups excluding carboxylic acids is 2. The van der Waals surface area contributed by atoms with Gasteiger partial charge in [0, 0.05) is 0 Å². The van der Waals surface area contributed by atoms with E-state index >= 15 is 0 Å². The van der Waals surface area contributed by atoms with Crippen LogP contribution in [0, 0.1) is 22.5 Å². The SMILES string of the molecule is COC(=O)C(C)(C)C(=O)Cn1nc([N+](=O)[O-])cc1C. The number of methoxy groups -OCH3 is 1. The summed E-state index contributed by atoms with van der Waals surface area (Å²) in [4.78, 5) is 33.5. The zero-order valence-electron chi connectivity index (χ0n) is 11.2. The third-order valence-corrected chi connectivity index (χ3v) is 2.84. The van der Waals surface area contributed by atoms with Crippen molar-refractivity contribution >= 4 is 17.6 Å². The Morgan fingerprint density at radius 3 is 2.53 bits per heavy atom. The topological polar surface area (TPSA) is 104 Å². The first kappa shape index (κ1) is 14.8. The number of rotatable bonds is 5. The van der Waals surface area contributed by atoms with E-state index in [1.54, 1.807) is 6.92 Å². The Kier molecular flexibility index (Phi) is 4.03. The monoisotopic (exact) mass is 269 g/mol. The molecule has 0 N–H and O–H groups in total. The fourth-order valence-corrected chi connectivity index (χ4v) is 1.44. The predicted octanol–water partition coefficient (Wildman–Crippen LogP) is 0.868. The molecule has 8 nitrogen and oxygen atoms in total. The van der Waals surface area contributed by atoms with Crippen LogP contribution in [0.25, 0.3) is 0 Å². The molecule has 8 heteroatoms. The molecule has 0 spiro atoms. The van der Waals surface area contributed by atoms with E-state index in [1.807, 2.05) is 0 Å². The number of nitro groups is 1. The molecule has 0 radical (unpaired) electrons. The van der Waals surface area contributed by atoms with Gasteiger partial charge in [-0.3, -0.25) is 9.59 Å². The Labute approximate surface area is 109 Å². The van der Waals surface area contributed by atoms with Crippen molar-refractivity contribution < 1.29 is 19.2 Å². The van der Waals surface area contributed by atoms with Gasteiger partial charge >= 0.3 is 11.8 Å². The molecule has 0 bridgehead atoms. The number of hydrogen-bond acceptors (Lipinski definition) is 6. The third kappa shape index (κ3) is 2.95. The highest BCUT2D eigenvalue weighted by molar-refractivity contribution is 6.02. The molecule has 0 aliphatic heterocycles. The lowest BCUT2D eigenvalue weighted by atomic mass is 9.88. The lowest BCUT2D eigenvalue weighted by Crippen LogP contribution is -2.37. The molecule has 0 unspecified atom stereocenters. The second-order valence-corrected chi connectivity index (χ2v) is 4.60. The molecule has 0 saturated carbocycles. The van der Waals surface area contributed by atoms with E-state index in [0.29, 0.717) is 5.69 Å². The van der Waals surface area contributed by atoms with E-state index in [9.17, 15) is 19.7 Å². The van der Waals surface area contributed by atoms with Gasteiger partial charge in [0.25, 0.3) is 0 Å². The maximum Gasteiger partial charge on any atom is 0.390 e. The van der Waals surface area contributed by atoms with E-state index in [2.05, 4.69) is 9.84 Å². The van der Waals surface area contributed by atoms with Gasteiger partial charge in [0.15, 0.2) is 5.78 Å². The van der Waals surface area contributed by atoms with Crippen molar-refractivity contribution in [2.75, 3.05) is 7.11 Å². The van der Waals surface area contributed by atoms with Gasteiger partial charge in [0.2, 0.25) is 0 Å². The summed E-state index contributed by atoms with van der Waals surface area (Å²) in [5.41, 5.74) is -0.845. The maximum absolute atomic E-state index is 12.0. The molecule has 0 amide bonds. The molecule has 1 rings (SSSR count). The summed E-state index contributed by atoms with van der Waals surface area (Å²) in [6.45, 7) is 4.25. The molecular weight excluding hydrogens is 254 g/mol. The maximum atomic E-state index is 12.0. The standard InChI is InChI=1S/C11H15N3O5/c1-7-5-9(14(17)18)12-13(7)6-8(15)11(2,3)10(16)19-4/h5H,6H2,1-4H3. The molecule has 0 aromatic carbocycles. The first-order valence-electron chi connectivity index (χ1n) is 5.50. The number of Topliss-reactive ketones (excluding diaryl/α,β-unsaturated/α-hetero) is 1. The lowest BCUT2D eigenvalue weighted by molar-refractivity contribution is -0.389. The molecule has 1 aromatic heterocycles. The minimum Gasteiger partial charge on any atom is -0.468 e. The van der Waals surface area contributed by atoms with E-state index in [0.717, 1.165) is 0 Å². The Balaban J connectivity index is 2.94. The summed E-state index contributed by atoms with van der Waals surface area (Å²) in [6.07, 6.45) is 0. The van der Waals surface area contributed by atoms with Crippen molar-refractivity contribution in [3.8, 4) is 0 Å². The highest BCUT2D eigenvalue weighted by atomic mass is 16.6. The van der Waals surface area contributed by atoms with Crippen molar-refractivity contribution in [3.05, 3.63) is 21.9 Å². The smallest absolute Gasteiger partial charge is 0.390 e. The largest absolute Gasteiger partial charge is 0.468 e. The minimum absolute atomic E-state index is 0.220. The van der Waals surface area contributed by atoms with E-state index in [1.165, 1.54) is 31.7 Å². The zero-order chi connectivity index (χ0) is 14.8. The number of hydrogen-bond donors (Lipinski definition) is 0.